The van der Waals surface area contributed by atoms with E-state index in [0.717, 1.165) is 11.1 Å². The second-order valence-electron chi connectivity index (χ2n) is 4.29. The molecule has 0 radical (unpaired) electrons. The highest BCUT2D eigenvalue weighted by Gasteiger charge is 2.33. The Balaban J connectivity index is 2.92. The number of rotatable bonds is 0. The summed E-state index contributed by atoms with van der Waals surface area (Å²) in [6, 6.07) is 14.8. The van der Waals surface area contributed by atoms with Crippen LogP contribution < -0.4 is 0 Å². The third-order valence-electron chi connectivity index (χ3n) is 3.36. The van der Waals surface area contributed by atoms with Gasteiger partial charge in [0.05, 0.1) is 0 Å². The molecule has 0 atom stereocenters. The Morgan fingerprint density at radius 1 is 0.800 bits per heavy atom. The van der Waals surface area contributed by atoms with Crippen LogP contribution in [0.4, 0.5) is 0 Å². The lowest BCUT2D eigenvalue weighted by molar-refractivity contribution is 1.01. The van der Waals surface area contributed by atoms with Crippen molar-refractivity contribution >= 4 is 11.1 Å². The predicted molar refractivity (Wildman–Crippen MR) is 71.9 cm³/mol. The number of hydrogen-bond donors (Lipinski definition) is 0. The first-order valence-corrected chi connectivity index (χ1v) is 5.88. The average Bonchev–Trinajstić information content (AvgIpc) is 2.76. The highest BCUT2D eigenvalue weighted by atomic mass is 14.4. The quantitative estimate of drug-likeness (QED) is 0.666. The van der Waals surface area contributed by atoms with E-state index >= 15 is 0 Å². The zero-order valence-electron chi connectivity index (χ0n) is 10.7. The second-order valence-corrected chi connectivity index (χ2v) is 4.29. The molecule has 0 bridgehead atoms. The third-order valence-corrected chi connectivity index (χ3v) is 3.36. The van der Waals surface area contributed by atoms with Gasteiger partial charge in [-0.2, -0.15) is 21.0 Å². The zero-order chi connectivity index (χ0) is 14.7. The molecule has 4 nitrogen and oxygen atoms in total. The van der Waals surface area contributed by atoms with E-state index in [-0.39, 0.29) is 17.1 Å². The summed E-state index contributed by atoms with van der Waals surface area (Å²) >= 11 is 0. The van der Waals surface area contributed by atoms with Gasteiger partial charge in [-0.05, 0) is 22.3 Å². The molecule has 1 aromatic carbocycles. The maximum absolute atomic E-state index is 9.09. The topological polar surface area (TPSA) is 95.2 Å². The largest absolute Gasteiger partial charge is 0.192 e. The van der Waals surface area contributed by atoms with Crippen molar-refractivity contribution in [3.8, 4) is 24.3 Å². The SMILES string of the molecule is CC1C(=C(C#N)C#N)c2ccccc2C1=C(C#N)C#N. The van der Waals surface area contributed by atoms with E-state index in [1.807, 2.05) is 24.3 Å². The molecule has 2 rings (SSSR count). The van der Waals surface area contributed by atoms with Crippen molar-refractivity contribution in [1.82, 2.24) is 0 Å². The van der Waals surface area contributed by atoms with Gasteiger partial charge in [0.25, 0.3) is 0 Å². The molecule has 0 N–H and O–H groups in total. The maximum Gasteiger partial charge on any atom is 0.134 e. The van der Waals surface area contributed by atoms with Gasteiger partial charge in [-0.1, -0.05) is 31.2 Å². The molecule has 0 amide bonds. The van der Waals surface area contributed by atoms with Crippen LogP contribution in [0.1, 0.15) is 18.1 Å². The van der Waals surface area contributed by atoms with Gasteiger partial charge in [-0.15, -0.1) is 0 Å². The molecule has 20 heavy (non-hydrogen) atoms. The third kappa shape index (κ3) is 1.74. The Hall–Kier alpha value is -3.34. The molecule has 4 heteroatoms. The fourth-order valence-electron chi connectivity index (χ4n) is 2.56. The van der Waals surface area contributed by atoms with Crippen molar-refractivity contribution < 1.29 is 0 Å². The molecule has 1 aliphatic carbocycles. The summed E-state index contributed by atoms with van der Waals surface area (Å²) in [5, 5.41) is 36.4. The van der Waals surface area contributed by atoms with Gasteiger partial charge < -0.3 is 0 Å². The second kappa shape index (κ2) is 5.11. The smallest absolute Gasteiger partial charge is 0.134 e. The molecule has 0 aliphatic heterocycles. The summed E-state index contributed by atoms with van der Waals surface area (Å²) in [6.45, 7) is 1.80. The van der Waals surface area contributed by atoms with Crippen LogP contribution in [-0.4, -0.2) is 0 Å². The predicted octanol–water partition coefficient (Wildman–Crippen LogP) is 2.94. The molecule has 1 aliphatic rings. The standard InChI is InChI=1S/C16H8N4/c1-10-15(11(6-17)7-18)13-4-2-3-5-14(13)16(10)12(8-19)9-20/h2-5,10H,1H3. The molecular weight excluding hydrogens is 248 g/mol. The highest BCUT2D eigenvalue weighted by Crippen LogP contribution is 2.47. The number of allylic oxidation sites excluding steroid dienone is 4. The highest BCUT2D eigenvalue weighted by molar-refractivity contribution is 5.99. The van der Waals surface area contributed by atoms with Gasteiger partial charge in [-0.25, -0.2) is 0 Å². The van der Waals surface area contributed by atoms with Crippen LogP contribution in [-0.2, 0) is 0 Å². The van der Waals surface area contributed by atoms with E-state index in [0.29, 0.717) is 11.1 Å². The molecular formula is C16H8N4. The van der Waals surface area contributed by atoms with E-state index in [9.17, 15) is 0 Å². The minimum absolute atomic E-state index is 0.0233. The lowest BCUT2D eigenvalue weighted by atomic mass is 9.92. The molecule has 92 valence electrons. The first-order valence-electron chi connectivity index (χ1n) is 5.88. The molecule has 0 heterocycles. The number of nitrogens with zero attached hydrogens (tertiary/aromatic N) is 4. The average molecular weight is 256 g/mol. The van der Waals surface area contributed by atoms with Crippen molar-refractivity contribution in [2.45, 2.75) is 6.92 Å². The van der Waals surface area contributed by atoms with E-state index in [4.69, 9.17) is 21.0 Å². The summed E-state index contributed by atoms with van der Waals surface area (Å²) in [5.74, 6) is -0.323. The Bertz CT molecular complexity index is 713. The summed E-state index contributed by atoms with van der Waals surface area (Å²) in [6.07, 6.45) is 0. The van der Waals surface area contributed by atoms with E-state index in [1.54, 1.807) is 31.2 Å². The molecule has 0 saturated carbocycles. The van der Waals surface area contributed by atoms with Crippen LogP contribution >= 0.6 is 0 Å². The molecule has 0 spiro atoms. The lowest BCUT2D eigenvalue weighted by Gasteiger charge is -2.07. The van der Waals surface area contributed by atoms with Crippen LogP contribution in [0.5, 0.6) is 0 Å². The molecule has 0 unspecified atom stereocenters. The van der Waals surface area contributed by atoms with E-state index in [1.165, 1.54) is 0 Å². The summed E-state index contributed by atoms with van der Waals surface area (Å²) in [5.41, 5.74) is 2.71. The monoisotopic (exact) mass is 256 g/mol. The maximum atomic E-state index is 9.09. The molecule has 0 aromatic heterocycles. The van der Waals surface area contributed by atoms with Gasteiger partial charge in [-0.3, -0.25) is 0 Å². The summed E-state index contributed by atoms with van der Waals surface area (Å²) in [7, 11) is 0. The minimum atomic E-state index is -0.323. The lowest BCUT2D eigenvalue weighted by Crippen LogP contribution is -1.96. The van der Waals surface area contributed by atoms with Crippen LogP contribution in [0.15, 0.2) is 35.4 Å². The Kier molecular flexibility index (Phi) is 3.35. The molecule has 1 aromatic rings. The van der Waals surface area contributed by atoms with Gasteiger partial charge in [0.15, 0.2) is 0 Å². The number of fused-ring (bicyclic) bond motifs is 1. The minimum Gasteiger partial charge on any atom is -0.192 e. The zero-order valence-corrected chi connectivity index (χ0v) is 10.7. The van der Waals surface area contributed by atoms with E-state index in [2.05, 4.69) is 0 Å². The van der Waals surface area contributed by atoms with Crippen molar-refractivity contribution in [2.75, 3.05) is 0 Å². The van der Waals surface area contributed by atoms with Gasteiger partial charge in [0.2, 0.25) is 0 Å². The fraction of sp³-hybridized carbons (Fsp3) is 0.125. The van der Waals surface area contributed by atoms with Crippen molar-refractivity contribution in [3.63, 3.8) is 0 Å². The van der Waals surface area contributed by atoms with Crippen LogP contribution in [0.25, 0.3) is 11.1 Å². The molecule has 0 fully saturated rings. The Morgan fingerprint density at radius 2 is 1.15 bits per heavy atom. The normalized spacial score (nSPS) is 12.7. The van der Waals surface area contributed by atoms with Gasteiger partial charge >= 0.3 is 0 Å². The first-order chi connectivity index (χ1) is 9.69. The fourth-order valence-corrected chi connectivity index (χ4v) is 2.56. The first kappa shape index (κ1) is 13.1. The van der Waals surface area contributed by atoms with Crippen LogP contribution in [0.2, 0.25) is 0 Å². The molecule has 0 saturated heterocycles. The van der Waals surface area contributed by atoms with Crippen LogP contribution in [0.3, 0.4) is 0 Å². The Morgan fingerprint density at radius 3 is 1.45 bits per heavy atom. The summed E-state index contributed by atoms with van der Waals surface area (Å²) < 4.78 is 0. The number of benzene rings is 1. The van der Waals surface area contributed by atoms with E-state index < -0.39 is 0 Å². The van der Waals surface area contributed by atoms with Crippen molar-refractivity contribution in [2.24, 2.45) is 5.92 Å². The Labute approximate surface area is 116 Å². The van der Waals surface area contributed by atoms with Gasteiger partial charge in [0.1, 0.15) is 35.4 Å². The number of hydrogen-bond acceptors (Lipinski definition) is 4. The van der Waals surface area contributed by atoms with Crippen molar-refractivity contribution in [1.29, 1.82) is 21.0 Å². The number of nitriles is 4. The van der Waals surface area contributed by atoms with Gasteiger partial charge in [0, 0.05) is 5.92 Å². The summed E-state index contributed by atoms with van der Waals surface area (Å²) in [4.78, 5) is 0. The van der Waals surface area contributed by atoms with Crippen LogP contribution in [0, 0.1) is 51.2 Å². The van der Waals surface area contributed by atoms with Crippen molar-refractivity contribution in [3.05, 3.63) is 46.5 Å².